The van der Waals surface area contributed by atoms with E-state index in [4.69, 9.17) is 0 Å². The number of hydrogen-bond acceptors (Lipinski definition) is 5. The van der Waals surface area contributed by atoms with Crippen molar-refractivity contribution < 1.29 is 19.4 Å². The van der Waals surface area contributed by atoms with Gasteiger partial charge in [0.25, 0.3) is 5.91 Å². The van der Waals surface area contributed by atoms with Crippen LogP contribution < -0.4 is 0 Å². The maximum absolute atomic E-state index is 12.7. The van der Waals surface area contributed by atoms with E-state index in [9.17, 15) is 14.7 Å². The van der Waals surface area contributed by atoms with E-state index < -0.39 is 5.97 Å². The highest BCUT2D eigenvalue weighted by Gasteiger charge is 2.32. The van der Waals surface area contributed by atoms with Crippen LogP contribution in [0.25, 0.3) is 6.08 Å². The summed E-state index contributed by atoms with van der Waals surface area (Å²) in [6.45, 7) is -0.212. The summed E-state index contributed by atoms with van der Waals surface area (Å²) in [6.07, 6.45) is 1.61. The van der Waals surface area contributed by atoms with E-state index in [0.29, 0.717) is 5.84 Å². The second-order valence-corrected chi connectivity index (χ2v) is 5.39. The van der Waals surface area contributed by atoms with Crippen LogP contribution in [0.3, 0.4) is 0 Å². The minimum absolute atomic E-state index is 0.140. The molecule has 126 valence electrons. The predicted octanol–water partition coefficient (Wildman–Crippen LogP) is 2.20. The summed E-state index contributed by atoms with van der Waals surface area (Å²) in [7, 11) is 1.27. The van der Waals surface area contributed by atoms with Crippen molar-refractivity contribution in [1.82, 2.24) is 4.90 Å². The van der Waals surface area contributed by atoms with E-state index in [-0.39, 0.29) is 23.9 Å². The van der Waals surface area contributed by atoms with Crippen molar-refractivity contribution in [2.45, 2.75) is 0 Å². The Kier molecular flexibility index (Phi) is 4.61. The van der Waals surface area contributed by atoms with Crippen molar-refractivity contribution in [3.8, 4) is 5.75 Å². The van der Waals surface area contributed by atoms with E-state index in [0.717, 1.165) is 11.1 Å². The van der Waals surface area contributed by atoms with Gasteiger partial charge in [0.2, 0.25) is 0 Å². The van der Waals surface area contributed by atoms with Crippen LogP contribution in [0.5, 0.6) is 5.75 Å². The topological polar surface area (TPSA) is 79.2 Å². The molecule has 0 atom stereocenters. The summed E-state index contributed by atoms with van der Waals surface area (Å²) in [5.74, 6) is -0.359. The minimum atomic E-state index is -0.525. The van der Waals surface area contributed by atoms with Crippen LogP contribution in [0.15, 0.2) is 65.3 Å². The average molecular weight is 336 g/mol. The zero-order valence-electron chi connectivity index (χ0n) is 13.5. The van der Waals surface area contributed by atoms with Gasteiger partial charge in [-0.2, -0.15) is 0 Å². The first-order valence-corrected chi connectivity index (χ1v) is 7.62. The summed E-state index contributed by atoms with van der Waals surface area (Å²) >= 11 is 0. The van der Waals surface area contributed by atoms with Gasteiger partial charge in [-0.1, -0.05) is 42.5 Å². The van der Waals surface area contributed by atoms with Gasteiger partial charge in [-0.3, -0.25) is 14.5 Å². The third kappa shape index (κ3) is 3.58. The average Bonchev–Trinajstić information content (AvgIpc) is 2.94. The summed E-state index contributed by atoms with van der Waals surface area (Å²) in [5.41, 5.74) is 1.67. The first kappa shape index (κ1) is 16.4. The fourth-order valence-electron chi connectivity index (χ4n) is 2.43. The quantitative estimate of drug-likeness (QED) is 0.686. The second-order valence-electron chi connectivity index (χ2n) is 5.39. The summed E-state index contributed by atoms with van der Waals surface area (Å²) in [6, 6.07) is 15.6. The number of aliphatic imine (C=N–C) groups is 1. The van der Waals surface area contributed by atoms with Crippen LogP contribution in [0.2, 0.25) is 0 Å². The molecule has 0 radical (unpaired) electrons. The monoisotopic (exact) mass is 336 g/mol. The fourth-order valence-corrected chi connectivity index (χ4v) is 2.43. The molecule has 6 heteroatoms. The van der Waals surface area contributed by atoms with Gasteiger partial charge in [0, 0.05) is 5.56 Å². The van der Waals surface area contributed by atoms with Crippen LogP contribution in [0.1, 0.15) is 11.1 Å². The van der Waals surface area contributed by atoms with Gasteiger partial charge >= 0.3 is 5.97 Å². The van der Waals surface area contributed by atoms with E-state index in [1.807, 2.05) is 30.3 Å². The third-order valence-electron chi connectivity index (χ3n) is 3.69. The normalized spacial score (nSPS) is 15.4. The van der Waals surface area contributed by atoms with Gasteiger partial charge < -0.3 is 9.84 Å². The van der Waals surface area contributed by atoms with Gasteiger partial charge in [0.05, 0.1) is 7.11 Å². The van der Waals surface area contributed by atoms with Crippen LogP contribution in [0.4, 0.5) is 0 Å². The Balaban J connectivity index is 2.00. The zero-order chi connectivity index (χ0) is 17.8. The van der Waals surface area contributed by atoms with Crippen molar-refractivity contribution in [2.75, 3.05) is 13.7 Å². The van der Waals surface area contributed by atoms with Gasteiger partial charge in [-0.25, -0.2) is 4.99 Å². The molecule has 0 saturated carbocycles. The summed E-state index contributed by atoms with van der Waals surface area (Å²) < 4.78 is 4.68. The maximum atomic E-state index is 12.7. The first-order chi connectivity index (χ1) is 12.1. The molecule has 0 aliphatic carbocycles. The molecular formula is C19H16N2O4. The SMILES string of the molecule is COC(=O)CN1C(=O)/C(=C/c2ccc(O)cc2)N=C1c1ccccc1. The van der Waals surface area contributed by atoms with Crippen molar-refractivity contribution in [3.63, 3.8) is 0 Å². The van der Waals surface area contributed by atoms with Crippen LogP contribution in [-0.4, -0.2) is 41.4 Å². The zero-order valence-corrected chi connectivity index (χ0v) is 13.5. The Morgan fingerprint density at radius 2 is 1.84 bits per heavy atom. The Hall–Kier alpha value is -3.41. The number of hydrogen-bond donors (Lipinski definition) is 1. The number of benzene rings is 2. The van der Waals surface area contributed by atoms with Gasteiger partial charge in [-0.05, 0) is 23.8 Å². The Labute approximate surface area is 144 Å². The molecule has 2 aromatic rings. The molecular weight excluding hydrogens is 320 g/mol. The van der Waals surface area contributed by atoms with Gasteiger partial charge in [0.1, 0.15) is 23.8 Å². The fraction of sp³-hybridized carbons (Fsp3) is 0.105. The smallest absolute Gasteiger partial charge is 0.325 e. The standard InChI is InChI=1S/C19H16N2O4/c1-25-17(23)12-21-18(14-5-3-2-4-6-14)20-16(19(21)24)11-13-7-9-15(22)10-8-13/h2-11,22H,12H2,1H3/b16-11-. The Morgan fingerprint density at radius 1 is 1.16 bits per heavy atom. The lowest BCUT2D eigenvalue weighted by Crippen LogP contribution is -2.37. The number of amides is 1. The third-order valence-corrected chi connectivity index (χ3v) is 3.69. The van der Waals surface area contributed by atoms with Gasteiger partial charge in [0.15, 0.2) is 0 Å². The number of carbonyl (C=O) groups is 2. The molecule has 0 aromatic heterocycles. The highest BCUT2D eigenvalue weighted by atomic mass is 16.5. The van der Waals surface area contributed by atoms with E-state index in [1.165, 1.54) is 24.1 Å². The number of methoxy groups -OCH3 is 1. The number of amidine groups is 1. The molecule has 1 N–H and O–H groups in total. The molecule has 0 fully saturated rings. The van der Waals surface area contributed by atoms with E-state index >= 15 is 0 Å². The number of nitrogens with zero attached hydrogens (tertiary/aromatic N) is 2. The van der Waals surface area contributed by atoms with E-state index in [1.54, 1.807) is 18.2 Å². The molecule has 1 aliphatic heterocycles. The molecule has 0 unspecified atom stereocenters. The number of aromatic hydroxyl groups is 1. The molecule has 6 nitrogen and oxygen atoms in total. The highest BCUT2D eigenvalue weighted by Crippen LogP contribution is 2.22. The number of phenols is 1. The van der Waals surface area contributed by atoms with Gasteiger partial charge in [-0.15, -0.1) is 0 Å². The number of phenolic OH excluding ortho intramolecular Hbond substituents is 1. The Bertz CT molecular complexity index is 855. The molecule has 0 saturated heterocycles. The molecule has 0 spiro atoms. The minimum Gasteiger partial charge on any atom is -0.508 e. The summed E-state index contributed by atoms with van der Waals surface area (Å²) in [5, 5.41) is 9.35. The number of esters is 1. The van der Waals surface area contributed by atoms with Crippen molar-refractivity contribution in [1.29, 1.82) is 0 Å². The van der Waals surface area contributed by atoms with Crippen LogP contribution in [0, 0.1) is 0 Å². The molecule has 3 rings (SSSR count). The van der Waals surface area contributed by atoms with Crippen LogP contribution >= 0.6 is 0 Å². The first-order valence-electron chi connectivity index (χ1n) is 7.62. The largest absolute Gasteiger partial charge is 0.508 e. The molecule has 1 amide bonds. The predicted molar refractivity (Wildman–Crippen MR) is 92.8 cm³/mol. The number of carbonyl (C=O) groups excluding carboxylic acids is 2. The number of rotatable bonds is 4. The van der Waals surface area contributed by atoms with E-state index in [2.05, 4.69) is 9.73 Å². The molecule has 1 aliphatic rings. The lowest BCUT2D eigenvalue weighted by Gasteiger charge is -2.16. The highest BCUT2D eigenvalue weighted by molar-refractivity contribution is 6.20. The molecule has 0 bridgehead atoms. The number of ether oxygens (including phenoxy) is 1. The second kappa shape index (κ2) is 7.00. The Morgan fingerprint density at radius 3 is 2.48 bits per heavy atom. The summed E-state index contributed by atoms with van der Waals surface area (Å²) in [4.78, 5) is 30.1. The maximum Gasteiger partial charge on any atom is 0.325 e. The van der Waals surface area contributed by atoms with Crippen molar-refractivity contribution >= 4 is 23.8 Å². The molecule has 1 heterocycles. The van der Waals surface area contributed by atoms with Crippen molar-refractivity contribution in [2.24, 2.45) is 4.99 Å². The lowest BCUT2D eigenvalue weighted by molar-refractivity contribution is -0.143. The van der Waals surface area contributed by atoms with Crippen molar-refractivity contribution in [3.05, 3.63) is 71.4 Å². The van der Waals surface area contributed by atoms with Crippen LogP contribution in [-0.2, 0) is 14.3 Å². The molecule has 25 heavy (non-hydrogen) atoms. The lowest BCUT2D eigenvalue weighted by atomic mass is 10.2. The molecule has 2 aromatic carbocycles.